The molecule has 0 aliphatic carbocycles. The first-order valence-electron chi connectivity index (χ1n) is 0.816. The van der Waals surface area contributed by atoms with E-state index >= 15 is 0 Å². The molecule has 0 heterocycles. The Balaban J connectivity index is 0. The van der Waals surface area contributed by atoms with Crippen LogP contribution >= 0.6 is 0 Å². The van der Waals surface area contributed by atoms with Crippen LogP contribution in [0, 0.1) is 0 Å². The minimum atomic E-state index is 0. The van der Waals surface area contributed by atoms with Crippen LogP contribution < -0.4 is 0 Å². The van der Waals surface area contributed by atoms with Crippen LogP contribution in [0.1, 0.15) is 0 Å². The molecule has 2 heteroatoms. The summed E-state index contributed by atoms with van der Waals surface area (Å²) in [6, 6.07) is 0. The largest absolute Gasteiger partial charge is 0.388 e. The molecule has 0 atom stereocenters. The minimum absolute atomic E-state index is 0. The molecule has 0 fully saturated rings. The van der Waals surface area contributed by atoms with Crippen molar-refractivity contribution < 1.29 is 9.44 Å². The number of hydrogen-bond acceptors (Lipinski definition) is 1. The number of methoxy groups -OCH3 is 1. The van der Waals surface area contributed by atoms with Gasteiger partial charge < -0.3 is 4.74 Å². The van der Waals surface area contributed by atoms with Crippen molar-refractivity contribution in [2.75, 3.05) is 14.2 Å². The first-order chi connectivity index (χ1) is 1.41. The third-order valence-corrected chi connectivity index (χ3v) is 0. The van der Waals surface area contributed by atoms with Gasteiger partial charge in [0, 0.05) is 14.2 Å². The number of ether oxygens (including phenoxy) is 1. The van der Waals surface area contributed by atoms with Crippen LogP contribution in [0.2, 0.25) is 0 Å². The highest BCUT2D eigenvalue weighted by Gasteiger charge is 1.25. The lowest BCUT2D eigenvalue weighted by Crippen LogP contribution is -1.55. The highest BCUT2D eigenvalue weighted by molar-refractivity contribution is 3.56. The zero-order chi connectivity index (χ0) is 2.71. The van der Waals surface area contributed by atoms with Gasteiger partial charge in [0.2, 0.25) is 0 Å². The van der Waals surface area contributed by atoms with Gasteiger partial charge in [0.05, 0.1) is 0 Å². The van der Waals surface area contributed by atoms with Crippen molar-refractivity contribution in [2.45, 2.75) is 0 Å². The van der Waals surface area contributed by atoms with Crippen LogP contribution in [0.15, 0.2) is 0 Å². The first-order valence-corrected chi connectivity index (χ1v) is 0.816. The smallest absolute Gasteiger partial charge is 0.0351 e. The molecule has 0 aromatic rings. The maximum atomic E-state index is 4.25. The van der Waals surface area contributed by atoms with Crippen molar-refractivity contribution in [1.82, 2.24) is 0 Å². The van der Waals surface area contributed by atoms with Gasteiger partial charge in [-0.15, -0.1) is 0 Å². The molecule has 0 amide bonds. The van der Waals surface area contributed by atoms with E-state index in [1.807, 2.05) is 0 Å². The average Bonchev–Trinajstić information content (AvgIpc) is 0.918. The van der Waals surface area contributed by atoms with Crippen LogP contribution in [0.4, 0.5) is 4.70 Å². The summed E-state index contributed by atoms with van der Waals surface area (Å²) in [6.45, 7) is 0. The van der Waals surface area contributed by atoms with Crippen LogP contribution in [0.5, 0.6) is 0 Å². The van der Waals surface area contributed by atoms with Gasteiger partial charge in [-0.05, 0) is 0 Å². The maximum Gasteiger partial charge on any atom is 0.0351 e. The molecule has 0 saturated carbocycles. The second-order valence-electron chi connectivity index (χ2n) is 0.408. The van der Waals surface area contributed by atoms with Gasteiger partial charge in [-0.1, -0.05) is 0 Å². The van der Waals surface area contributed by atoms with E-state index in [2.05, 4.69) is 4.74 Å². The zero-order valence-electron chi connectivity index (χ0n) is 2.82. The van der Waals surface area contributed by atoms with E-state index in [9.17, 15) is 0 Å². The van der Waals surface area contributed by atoms with Crippen molar-refractivity contribution in [3.63, 3.8) is 0 Å². The van der Waals surface area contributed by atoms with Crippen LogP contribution in [0.25, 0.3) is 0 Å². The molecule has 0 spiro atoms. The molecule has 0 aromatic carbocycles. The Hall–Kier alpha value is -0.110. The fourth-order valence-electron chi connectivity index (χ4n) is 0. The predicted molar refractivity (Wildman–Crippen MR) is 15.4 cm³/mol. The molecule has 0 rings (SSSR count). The van der Waals surface area contributed by atoms with E-state index < -0.39 is 0 Å². The summed E-state index contributed by atoms with van der Waals surface area (Å²) < 4.78 is 4.25. The Labute approximate surface area is 24.9 Å². The van der Waals surface area contributed by atoms with E-state index in [0.717, 1.165) is 0 Å². The normalized spacial score (nSPS) is 4.50. The van der Waals surface area contributed by atoms with E-state index in [1.165, 1.54) is 0 Å². The number of rotatable bonds is 0. The van der Waals surface area contributed by atoms with E-state index in [1.54, 1.807) is 14.2 Å². The lowest BCUT2D eigenvalue weighted by atomic mass is 11.6. The fourth-order valence-corrected chi connectivity index (χ4v) is 0. The molecule has 0 saturated heterocycles. The topological polar surface area (TPSA) is 9.23 Å². The van der Waals surface area contributed by atoms with Gasteiger partial charge in [0.15, 0.2) is 0 Å². The van der Waals surface area contributed by atoms with Crippen molar-refractivity contribution >= 4 is 0 Å². The summed E-state index contributed by atoms with van der Waals surface area (Å²) >= 11 is 0. The lowest BCUT2D eigenvalue weighted by Gasteiger charge is -1.61. The van der Waals surface area contributed by atoms with Crippen molar-refractivity contribution in [2.24, 2.45) is 0 Å². The van der Waals surface area contributed by atoms with Gasteiger partial charge in [-0.3, -0.25) is 4.70 Å². The van der Waals surface area contributed by atoms with Crippen molar-refractivity contribution in [3.8, 4) is 0 Å². The Morgan fingerprint density at radius 1 is 1.25 bits per heavy atom. The summed E-state index contributed by atoms with van der Waals surface area (Å²) in [7, 11) is 3.25. The van der Waals surface area contributed by atoms with Crippen LogP contribution in [0.3, 0.4) is 0 Å². The molecule has 28 valence electrons. The number of hydrogen-bond donors (Lipinski definition) is 0. The molecule has 0 unspecified atom stereocenters. The highest BCUT2D eigenvalue weighted by Crippen LogP contribution is 1.28. The standard InChI is InChI=1S/C2H6O.FH/c1-3-2;/h1-2H3;1H. The van der Waals surface area contributed by atoms with E-state index in [-0.39, 0.29) is 4.70 Å². The number of halogens is 1. The molecular weight excluding hydrogens is 59.0 g/mol. The summed E-state index contributed by atoms with van der Waals surface area (Å²) in [5.74, 6) is 0. The highest BCUT2D eigenvalue weighted by atomic mass is 19.0. The Bertz CT molecular complexity index is 6.00. The summed E-state index contributed by atoms with van der Waals surface area (Å²) in [5, 5.41) is 0. The third-order valence-electron chi connectivity index (χ3n) is 0. The molecule has 0 aliphatic heterocycles. The zero-order valence-corrected chi connectivity index (χ0v) is 2.82. The predicted octanol–water partition coefficient (Wildman–Crippen LogP) is 0.415. The molecule has 0 bridgehead atoms. The van der Waals surface area contributed by atoms with Crippen molar-refractivity contribution in [1.29, 1.82) is 0 Å². The third kappa shape index (κ3) is 124. The average molecular weight is 66.1 g/mol. The Morgan fingerprint density at radius 3 is 1.25 bits per heavy atom. The van der Waals surface area contributed by atoms with Gasteiger partial charge >= 0.3 is 0 Å². The van der Waals surface area contributed by atoms with Gasteiger partial charge in [0.25, 0.3) is 0 Å². The Kier molecular flexibility index (Phi) is 29.6. The molecule has 0 aromatic heterocycles. The minimum Gasteiger partial charge on any atom is -0.388 e. The maximum absolute atomic E-state index is 4.25. The van der Waals surface area contributed by atoms with Gasteiger partial charge in [-0.2, -0.15) is 0 Å². The molecule has 0 N–H and O–H groups in total. The fraction of sp³-hybridized carbons (Fsp3) is 1.00. The lowest BCUT2D eigenvalue weighted by molar-refractivity contribution is 0.277. The molecule has 1 nitrogen and oxygen atoms in total. The summed E-state index contributed by atoms with van der Waals surface area (Å²) in [6.07, 6.45) is 0. The first kappa shape index (κ1) is 9.10. The SMILES string of the molecule is COC.F. The Morgan fingerprint density at radius 2 is 1.25 bits per heavy atom. The van der Waals surface area contributed by atoms with E-state index in [4.69, 9.17) is 0 Å². The van der Waals surface area contributed by atoms with E-state index in [0.29, 0.717) is 0 Å². The van der Waals surface area contributed by atoms with Gasteiger partial charge in [-0.25, -0.2) is 0 Å². The summed E-state index contributed by atoms with van der Waals surface area (Å²) in [4.78, 5) is 0. The van der Waals surface area contributed by atoms with Crippen LogP contribution in [-0.4, -0.2) is 14.2 Å². The second kappa shape index (κ2) is 13.0. The van der Waals surface area contributed by atoms with Gasteiger partial charge in [0.1, 0.15) is 0 Å². The second-order valence-corrected chi connectivity index (χ2v) is 0.408. The molecular formula is C2H7FO. The summed E-state index contributed by atoms with van der Waals surface area (Å²) in [5.41, 5.74) is 0. The molecule has 0 radical (unpaired) electrons. The molecule has 4 heavy (non-hydrogen) atoms. The monoisotopic (exact) mass is 66.0 g/mol. The van der Waals surface area contributed by atoms with Crippen LogP contribution in [-0.2, 0) is 4.74 Å². The quantitative estimate of drug-likeness (QED) is 0.398. The molecule has 0 aliphatic rings. The van der Waals surface area contributed by atoms with Crippen molar-refractivity contribution in [3.05, 3.63) is 0 Å².